The number of urea groups is 1. The van der Waals surface area contributed by atoms with Gasteiger partial charge in [-0.15, -0.1) is 0 Å². The summed E-state index contributed by atoms with van der Waals surface area (Å²) in [5.41, 5.74) is 2.43. The first kappa shape index (κ1) is 25.9. The molecule has 0 spiro atoms. The maximum Gasteiger partial charge on any atom is 0.322 e. The summed E-state index contributed by atoms with van der Waals surface area (Å²) >= 11 is 0. The first-order valence-electron chi connectivity index (χ1n) is 12.2. The van der Waals surface area contributed by atoms with Crippen LogP contribution >= 0.6 is 0 Å². The second kappa shape index (κ2) is 11.3. The summed E-state index contributed by atoms with van der Waals surface area (Å²) in [5.74, 6) is 1.68. The topological polar surface area (TPSA) is 85.3 Å². The average Bonchev–Trinajstić information content (AvgIpc) is 3.39. The highest BCUT2D eigenvalue weighted by atomic mass is 16.5. The fourth-order valence-corrected chi connectivity index (χ4v) is 4.67. The molecule has 9 heteroatoms. The number of nitrogens with one attached hydrogen (secondary N) is 1. The number of ether oxygens (including phenoxy) is 3. The van der Waals surface area contributed by atoms with Crippen molar-refractivity contribution in [3.63, 3.8) is 0 Å². The molecule has 0 aliphatic carbocycles. The fraction of sp³-hybridized carbons (Fsp3) is 0.357. The molecule has 9 nitrogen and oxygen atoms in total. The second-order valence-corrected chi connectivity index (χ2v) is 9.11. The van der Waals surface area contributed by atoms with Gasteiger partial charge >= 0.3 is 6.03 Å². The van der Waals surface area contributed by atoms with Crippen LogP contribution in [0.3, 0.4) is 0 Å². The lowest BCUT2D eigenvalue weighted by Crippen LogP contribution is -2.50. The molecule has 2 heterocycles. The standard InChI is InChI=1S/C28H34N4O5/c1-19(2)32(28(34)29-20-15-21(35-3)17-22(16-20)36-4)18-26(33)31-14-13-30-12-8-10-24(30)27(31)23-9-6-7-11-25(23)37-5/h6-12,15-17,19,27H,13-14,18H2,1-5H3,(H,29,34). The van der Waals surface area contributed by atoms with E-state index in [-0.39, 0.29) is 30.6 Å². The Morgan fingerprint density at radius 3 is 2.32 bits per heavy atom. The van der Waals surface area contributed by atoms with Crippen molar-refractivity contribution in [3.05, 3.63) is 72.1 Å². The van der Waals surface area contributed by atoms with Crippen molar-refractivity contribution in [1.82, 2.24) is 14.4 Å². The summed E-state index contributed by atoms with van der Waals surface area (Å²) in [4.78, 5) is 30.5. The van der Waals surface area contributed by atoms with Gasteiger partial charge in [0.2, 0.25) is 5.91 Å². The number of hydrogen-bond acceptors (Lipinski definition) is 5. The quantitative estimate of drug-likeness (QED) is 0.490. The number of methoxy groups -OCH3 is 3. The molecule has 3 amide bonds. The van der Waals surface area contributed by atoms with Gasteiger partial charge in [0.1, 0.15) is 29.8 Å². The van der Waals surface area contributed by atoms with Gasteiger partial charge in [-0.3, -0.25) is 4.79 Å². The Kier molecular flexibility index (Phi) is 7.91. The molecule has 37 heavy (non-hydrogen) atoms. The van der Waals surface area contributed by atoms with Gasteiger partial charge in [0, 0.05) is 60.5 Å². The van der Waals surface area contributed by atoms with Crippen LogP contribution in [0.25, 0.3) is 0 Å². The molecule has 196 valence electrons. The molecule has 1 aliphatic rings. The van der Waals surface area contributed by atoms with Crippen LogP contribution in [0.1, 0.15) is 31.1 Å². The van der Waals surface area contributed by atoms with Gasteiger partial charge in [0.15, 0.2) is 0 Å². The van der Waals surface area contributed by atoms with Crippen molar-refractivity contribution in [2.45, 2.75) is 32.5 Å². The summed E-state index contributed by atoms with van der Waals surface area (Å²) < 4.78 is 18.4. The zero-order valence-electron chi connectivity index (χ0n) is 21.9. The number of benzene rings is 2. The molecular formula is C28H34N4O5. The molecule has 1 aromatic heterocycles. The molecule has 0 saturated carbocycles. The van der Waals surface area contributed by atoms with Crippen LogP contribution in [0.4, 0.5) is 10.5 Å². The maximum atomic E-state index is 13.8. The normalized spacial score (nSPS) is 14.6. The minimum absolute atomic E-state index is 0.0725. The summed E-state index contributed by atoms with van der Waals surface area (Å²) in [7, 11) is 4.73. The highest BCUT2D eigenvalue weighted by Crippen LogP contribution is 2.37. The third-order valence-electron chi connectivity index (χ3n) is 6.58. The van der Waals surface area contributed by atoms with Crippen molar-refractivity contribution in [2.75, 3.05) is 39.7 Å². The maximum absolute atomic E-state index is 13.8. The Hall–Kier alpha value is -4.14. The Labute approximate surface area is 217 Å². The smallest absolute Gasteiger partial charge is 0.322 e. The van der Waals surface area contributed by atoms with Crippen molar-refractivity contribution < 1.29 is 23.8 Å². The Morgan fingerprint density at radius 1 is 0.973 bits per heavy atom. The van der Waals surface area contributed by atoms with Gasteiger partial charge < -0.3 is 33.9 Å². The molecule has 1 unspecified atom stereocenters. The first-order chi connectivity index (χ1) is 17.9. The van der Waals surface area contributed by atoms with Crippen LogP contribution in [-0.2, 0) is 11.3 Å². The number of carbonyl (C=O) groups excluding carboxylic acids is 2. The number of para-hydroxylation sites is 1. The van der Waals surface area contributed by atoms with E-state index in [1.807, 2.05) is 61.3 Å². The lowest BCUT2D eigenvalue weighted by Gasteiger charge is -2.39. The second-order valence-electron chi connectivity index (χ2n) is 9.11. The van der Waals surface area contributed by atoms with Crippen LogP contribution in [0.5, 0.6) is 17.2 Å². The number of amides is 3. The Balaban J connectivity index is 1.59. The van der Waals surface area contributed by atoms with Crippen LogP contribution in [0.15, 0.2) is 60.8 Å². The Bertz CT molecular complexity index is 1230. The predicted molar refractivity (Wildman–Crippen MR) is 141 cm³/mol. The first-order valence-corrected chi connectivity index (χ1v) is 12.2. The Morgan fingerprint density at radius 2 is 1.68 bits per heavy atom. The van der Waals surface area contributed by atoms with Crippen molar-refractivity contribution >= 4 is 17.6 Å². The van der Waals surface area contributed by atoms with Crippen molar-refractivity contribution in [2.24, 2.45) is 0 Å². The number of aromatic nitrogens is 1. The van der Waals surface area contributed by atoms with Crippen LogP contribution < -0.4 is 19.5 Å². The molecule has 0 saturated heterocycles. The molecule has 1 atom stereocenters. The van der Waals surface area contributed by atoms with Gasteiger partial charge in [0.05, 0.1) is 21.3 Å². The largest absolute Gasteiger partial charge is 0.497 e. The molecule has 0 fully saturated rings. The average molecular weight is 507 g/mol. The lowest BCUT2D eigenvalue weighted by molar-refractivity contribution is -0.134. The molecular weight excluding hydrogens is 472 g/mol. The number of carbonyl (C=O) groups is 2. The van der Waals surface area contributed by atoms with Crippen LogP contribution in [0.2, 0.25) is 0 Å². The summed E-state index contributed by atoms with van der Waals surface area (Å²) in [6.45, 7) is 4.90. The number of fused-ring (bicyclic) bond motifs is 1. The minimum atomic E-state index is -0.382. The SMILES string of the molecule is COc1cc(NC(=O)N(CC(=O)N2CCn3cccc3C2c2ccccc2OC)C(C)C)cc(OC)c1. The molecule has 1 N–H and O–H groups in total. The highest BCUT2D eigenvalue weighted by Gasteiger charge is 2.35. The zero-order valence-corrected chi connectivity index (χ0v) is 21.9. The highest BCUT2D eigenvalue weighted by molar-refractivity contribution is 5.93. The van der Waals surface area contributed by atoms with E-state index in [2.05, 4.69) is 9.88 Å². The molecule has 0 bridgehead atoms. The monoisotopic (exact) mass is 506 g/mol. The van der Waals surface area contributed by atoms with Crippen molar-refractivity contribution in [3.8, 4) is 17.2 Å². The van der Waals surface area contributed by atoms with E-state index in [4.69, 9.17) is 14.2 Å². The molecule has 4 rings (SSSR count). The number of anilines is 1. The van der Waals surface area contributed by atoms with E-state index in [0.29, 0.717) is 36.0 Å². The number of nitrogens with zero attached hydrogens (tertiary/aromatic N) is 3. The van der Waals surface area contributed by atoms with E-state index in [9.17, 15) is 9.59 Å². The van der Waals surface area contributed by atoms with E-state index >= 15 is 0 Å². The van der Waals surface area contributed by atoms with Gasteiger partial charge in [-0.25, -0.2) is 4.79 Å². The summed E-state index contributed by atoms with van der Waals surface area (Å²) in [6, 6.07) is 16.0. The van der Waals surface area contributed by atoms with Gasteiger partial charge in [0.25, 0.3) is 0 Å². The van der Waals surface area contributed by atoms with Crippen LogP contribution in [-0.4, -0.2) is 66.8 Å². The number of hydrogen-bond donors (Lipinski definition) is 1. The third-order valence-corrected chi connectivity index (χ3v) is 6.58. The van der Waals surface area contributed by atoms with Gasteiger partial charge in [-0.1, -0.05) is 18.2 Å². The number of rotatable bonds is 8. The summed E-state index contributed by atoms with van der Waals surface area (Å²) in [6.07, 6.45) is 2.02. The van der Waals surface area contributed by atoms with Gasteiger partial charge in [-0.2, -0.15) is 0 Å². The van der Waals surface area contributed by atoms with E-state index in [1.165, 1.54) is 4.90 Å². The van der Waals surface area contributed by atoms with Crippen LogP contribution in [0, 0.1) is 0 Å². The molecule has 3 aromatic rings. The lowest BCUT2D eigenvalue weighted by atomic mass is 9.98. The minimum Gasteiger partial charge on any atom is -0.497 e. The fourth-order valence-electron chi connectivity index (χ4n) is 4.67. The van der Waals surface area contributed by atoms with E-state index in [1.54, 1.807) is 39.5 Å². The van der Waals surface area contributed by atoms with Crippen molar-refractivity contribution in [1.29, 1.82) is 0 Å². The zero-order chi connectivity index (χ0) is 26.5. The molecule has 2 aromatic carbocycles. The summed E-state index contributed by atoms with van der Waals surface area (Å²) in [5, 5.41) is 2.89. The predicted octanol–water partition coefficient (Wildman–Crippen LogP) is 4.39. The third kappa shape index (κ3) is 5.50. The van der Waals surface area contributed by atoms with Gasteiger partial charge in [-0.05, 0) is 32.0 Å². The molecule has 0 radical (unpaired) electrons. The molecule has 1 aliphatic heterocycles. The van der Waals surface area contributed by atoms with E-state index < -0.39 is 0 Å². The van der Waals surface area contributed by atoms with E-state index in [0.717, 1.165) is 11.3 Å².